The molecule has 2 rings (SSSR count). The Kier molecular flexibility index (Phi) is 4.11. The third kappa shape index (κ3) is 3.48. The summed E-state index contributed by atoms with van der Waals surface area (Å²) >= 11 is 0. The van der Waals surface area contributed by atoms with Gasteiger partial charge < -0.3 is 10.1 Å². The molecular formula is C16H20FN3O. The van der Waals surface area contributed by atoms with E-state index in [0.29, 0.717) is 17.5 Å². The topological polar surface area (TPSA) is 47.0 Å². The summed E-state index contributed by atoms with van der Waals surface area (Å²) in [4.78, 5) is 9.02. The summed E-state index contributed by atoms with van der Waals surface area (Å²) in [6.45, 7) is 8.01. The number of hydrogen-bond acceptors (Lipinski definition) is 4. The van der Waals surface area contributed by atoms with Crippen molar-refractivity contribution in [1.29, 1.82) is 0 Å². The molecule has 0 bridgehead atoms. The van der Waals surface area contributed by atoms with Crippen LogP contribution >= 0.6 is 0 Å². The number of nitrogens with one attached hydrogen (secondary N) is 1. The van der Waals surface area contributed by atoms with Gasteiger partial charge in [0.1, 0.15) is 23.2 Å². The van der Waals surface area contributed by atoms with Gasteiger partial charge in [-0.3, -0.25) is 0 Å². The van der Waals surface area contributed by atoms with E-state index in [-0.39, 0.29) is 11.2 Å². The Balaban J connectivity index is 2.44. The Morgan fingerprint density at radius 2 is 1.71 bits per heavy atom. The number of nitrogens with zero attached hydrogens (tertiary/aromatic N) is 2. The second kappa shape index (κ2) is 5.68. The van der Waals surface area contributed by atoms with Crippen LogP contribution in [0.25, 0.3) is 0 Å². The summed E-state index contributed by atoms with van der Waals surface area (Å²) in [6.07, 6.45) is 0. The molecule has 0 saturated heterocycles. The van der Waals surface area contributed by atoms with E-state index < -0.39 is 0 Å². The maximum atomic E-state index is 13.0. The third-order valence-electron chi connectivity index (χ3n) is 3.04. The van der Waals surface area contributed by atoms with Crippen molar-refractivity contribution in [2.75, 3.05) is 12.4 Å². The average molecular weight is 289 g/mol. The first-order valence-corrected chi connectivity index (χ1v) is 6.81. The Morgan fingerprint density at radius 3 is 2.24 bits per heavy atom. The van der Waals surface area contributed by atoms with Crippen LogP contribution in [0, 0.1) is 12.7 Å². The Bertz CT molecular complexity index is 633. The van der Waals surface area contributed by atoms with Crippen LogP contribution in [-0.4, -0.2) is 17.0 Å². The summed E-state index contributed by atoms with van der Waals surface area (Å²) in [6, 6.07) is 5.87. The fraction of sp³-hybridized carbons (Fsp3) is 0.375. The van der Waals surface area contributed by atoms with Gasteiger partial charge in [-0.25, -0.2) is 9.37 Å². The predicted molar refractivity (Wildman–Crippen MR) is 81.5 cm³/mol. The van der Waals surface area contributed by atoms with Gasteiger partial charge in [-0.1, -0.05) is 20.8 Å². The van der Waals surface area contributed by atoms with Gasteiger partial charge in [0, 0.05) is 12.5 Å². The monoisotopic (exact) mass is 289 g/mol. The lowest BCUT2D eigenvalue weighted by atomic mass is 9.95. The van der Waals surface area contributed by atoms with Gasteiger partial charge in [0.15, 0.2) is 0 Å². The molecule has 21 heavy (non-hydrogen) atoms. The Morgan fingerprint density at radius 1 is 1.10 bits per heavy atom. The van der Waals surface area contributed by atoms with E-state index >= 15 is 0 Å². The molecule has 0 aliphatic heterocycles. The maximum Gasteiger partial charge on any atom is 0.227 e. The summed E-state index contributed by atoms with van der Waals surface area (Å²) in [5, 5.41) is 3.05. The quantitative estimate of drug-likeness (QED) is 0.925. The van der Waals surface area contributed by atoms with Gasteiger partial charge in [0.25, 0.3) is 0 Å². The number of halogens is 1. The van der Waals surface area contributed by atoms with Crippen LogP contribution in [0.2, 0.25) is 0 Å². The van der Waals surface area contributed by atoms with Crippen molar-refractivity contribution < 1.29 is 9.13 Å². The van der Waals surface area contributed by atoms with Crippen molar-refractivity contribution in [1.82, 2.24) is 9.97 Å². The molecule has 1 N–H and O–H groups in total. The van der Waals surface area contributed by atoms with Crippen LogP contribution in [0.3, 0.4) is 0 Å². The van der Waals surface area contributed by atoms with E-state index in [0.717, 1.165) is 11.4 Å². The lowest BCUT2D eigenvalue weighted by molar-refractivity contribution is 0.441. The third-order valence-corrected chi connectivity index (χ3v) is 3.04. The highest BCUT2D eigenvalue weighted by molar-refractivity contribution is 5.49. The number of aromatic nitrogens is 2. The minimum absolute atomic E-state index is 0.194. The number of rotatable bonds is 3. The Labute approximate surface area is 124 Å². The first kappa shape index (κ1) is 15.2. The molecule has 1 aromatic heterocycles. The van der Waals surface area contributed by atoms with Crippen molar-refractivity contribution in [2.45, 2.75) is 33.1 Å². The smallest absolute Gasteiger partial charge is 0.227 e. The van der Waals surface area contributed by atoms with E-state index in [1.165, 1.54) is 12.1 Å². The van der Waals surface area contributed by atoms with Crippen molar-refractivity contribution in [3.05, 3.63) is 41.5 Å². The van der Waals surface area contributed by atoms with Crippen LogP contribution in [0.5, 0.6) is 11.6 Å². The van der Waals surface area contributed by atoms with Gasteiger partial charge in [0.05, 0.1) is 5.56 Å². The molecular weight excluding hydrogens is 269 g/mol. The van der Waals surface area contributed by atoms with E-state index in [9.17, 15) is 4.39 Å². The fourth-order valence-electron chi connectivity index (χ4n) is 1.79. The van der Waals surface area contributed by atoms with Crippen LogP contribution in [0.1, 0.15) is 32.2 Å². The zero-order valence-electron chi connectivity index (χ0n) is 13.0. The molecule has 0 aliphatic rings. The van der Waals surface area contributed by atoms with E-state index in [4.69, 9.17) is 4.74 Å². The largest absolute Gasteiger partial charge is 0.439 e. The number of benzene rings is 1. The average Bonchev–Trinajstić information content (AvgIpc) is 2.42. The zero-order chi connectivity index (χ0) is 15.6. The summed E-state index contributed by atoms with van der Waals surface area (Å²) in [5.74, 6) is 2.14. The first-order chi connectivity index (χ1) is 9.81. The molecule has 0 spiro atoms. The lowest BCUT2D eigenvalue weighted by Gasteiger charge is -2.20. The highest BCUT2D eigenvalue weighted by Crippen LogP contribution is 2.30. The second-order valence-corrected chi connectivity index (χ2v) is 5.88. The molecule has 4 nitrogen and oxygen atoms in total. The second-order valence-electron chi connectivity index (χ2n) is 5.88. The fourth-order valence-corrected chi connectivity index (χ4v) is 1.79. The normalized spacial score (nSPS) is 11.3. The molecule has 0 aliphatic carbocycles. The summed E-state index contributed by atoms with van der Waals surface area (Å²) in [5.41, 5.74) is 0.620. The van der Waals surface area contributed by atoms with E-state index in [1.54, 1.807) is 12.1 Å². The van der Waals surface area contributed by atoms with Crippen LogP contribution in [0.4, 0.5) is 10.2 Å². The summed E-state index contributed by atoms with van der Waals surface area (Å²) < 4.78 is 18.7. The SMILES string of the molecule is CNc1nc(C(C)(C)C)nc(Oc2ccc(F)cc2)c1C. The molecule has 0 saturated carbocycles. The Hall–Kier alpha value is -2.17. The van der Waals surface area contributed by atoms with Gasteiger partial charge in [-0.05, 0) is 31.2 Å². The van der Waals surface area contributed by atoms with Gasteiger partial charge in [0.2, 0.25) is 5.88 Å². The molecule has 2 aromatic rings. The van der Waals surface area contributed by atoms with Crippen LogP contribution in [0.15, 0.2) is 24.3 Å². The highest BCUT2D eigenvalue weighted by Gasteiger charge is 2.21. The summed E-state index contributed by atoms with van der Waals surface area (Å²) in [7, 11) is 1.81. The maximum absolute atomic E-state index is 13.0. The standard InChI is InChI=1S/C16H20FN3O/c1-10-13(18-5)19-15(16(2,3)4)20-14(10)21-12-8-6-11(17)7-9-12/h6-9H,1-5H3,(H,18,19,20). The van der Waals surface area contributed by atoms with Crippen LogP contribution in [-0.2, 0) is 5.41 Å². The number of hydrogen-bond donors (Lipinski definition) is 1. The first-order valence-electron chi connectivity index (χ1n) is 6.81. The van der Waals surface area contributed by atoms with Crippen molar-refractivity contribution in [3.63, 3.8) is 0 Å². The minimum atomic E-state index is -0.298. The number of ether oxygens (including phenoxy) is 1. The van der Waals surface area contributed by atoms with Crippen molar-refractivity contribution >= 4 is 5.82 Å². The molecule has 5 heteroatoms. The van der Waals surface area contributed by atoms with Gasteiger partial charge in [-0.15, -0.1) is 0 Å². The highest BCUT2D eigenvalue weighted by atomic mass is 19.1. The van der Waals surface area contributed by atoms with Crippen molar-refractivity contribution in [2.24, 2.45) is 0 Å². The molecule has 0 amide bonds. The number of anilines is 1. The van der Waals surface area contributed by atoms with Gasteiger partial charge in [-0.2, -0.15) is 4.98 Å². The predicted octanol–water partition coefficient (Wildman–Crippen LogP) is 4.06. The molecule has 0 radical (unpaired) electrons. The van der Waals surface area contributed by atoms with Crippen molar-refractivity contribution in [3.8, 4) is 11.6 Å². The van der Waals surface area contributed by atoms with Crippen LogP contribution < -0.4 is 10.1 Å². The molecule has 112 valence electrons. The van der Waals surface area contributed by atoms with Gasteiger partial charge >= 0.3 is 0 Å². The lowest BCUT2D eigenvalue weighted by Crippen LogP contribution is -2.18. The van der Waals surface area contributed by atoms with E-state index in [2.05, 4.69) is 15.3 Å². The molecule has 1 heterocycles. The zero-order valence-corrected chi connectivity index (χ0v) is 13.0. The molecule has 0 fully saturated rings. The molecule has 0 atom stereocenters. The molecule has 0 unspecified atom stereocenters. The van der Waals surface area contributed by atoms with E-state index in [1.807, 2.05) is 34.7 Å². The minimum Gasteiger partial charge on any atom is -0.439 e. The molecule has 1 aromatic carbocycles.